The van der Waals surface area contributed by atoms with Gasteiger partial charge in [0, 0.05) is 25.2 Å². The monoisotopic (exact) mass is 378 g/mol. The first-order chi connectivity index (χ1) is 13.6. The molecule has 1 unspecified atom stereocenters. The van der Waals surface area contributed by atoms with Gasteiger partial charge in [0.25, 0.3) is 5.91 Å². The average Bonchev–Trinajstić information content (AvgIpc) is 2.77. The molecule has 2 amide bonds. The van der Waals surface area contributed by atoms with Crippen LogP contribution in [-0.4, -0.2) is 34.9 Å². The number of aliphatic hydroxyl groups is 1. The Morgan fingerprint density at radius 3 is 2.36 bits per heavy atom. The van der Waals surface area contributed by atoms with Gasteiger partial charge in [0.05, 0.1) is 6.10 Å². The number of aliphatic hydroxyl groups excluding tert-OH is 1. The van der Waals surface area contributed by atoms with Gasteiger partial charge in [-0.1, -0.05) is 49.0 Å². The summed E-state index contributed by atoms with van der Waals surface area (Å²) in [7, 11) is 0. The fourth-order valence-electron chi connectivity index (χ4n) is 3.55. The van der Waals surface area contributed by atoms with Gasteiger partial charge in [-0.3, -0.25) is 9.59 Å². The first-order valence-electron chi connectivity index (χ1n) is 9.60. The Morgan fingerprint density at radius 1 is 1.11 bits per heavy atom. The number of rotatable bonds is 6. The largest absolute Gasteiger partial charge is 0.388 e. The number of hydrogen-bond donors (Lipinski definition) is 2. The second-order valence-corrected chi connectivity index (χ2v) is 7.10. The molecule has 146 valence electrons. The second-order valence-electron chi connectivity index (χ2n) is 7.10. The van der Waals surface area contributed by atoms with E-state index in [1.807, 2.05) is 47.4 Å². The molecule has 5 heteroatoms. The van der Waals surface area contributed by atoms with Gasteiger partial charge >= 0.3 is 0 Å². The zero-order chi connectivity index (χ0) is 19.9. The van der Waals surface area contributed by atoms with Crippen LogP contribution in [0.15, 0.2) is 67.3 Å². The quantitative estimate of drug-likeness (QED) is 0.759. The molecule has 1 fully saturated rings. The molecule has 2 N–H and O–H groups in total. The summed E-state index contributed by atoms with van der Waals surface area (Å²) in [5.74, 6) is -0.0441. The lowest BCUT2D eigenvalue weighted by atomic mass is 9.87. The molecular formula is C23H26N2O3. The summed E-state index contributed by atoms with van der Waals surface area (Å²) in [5.41, 5.74) is 2.50. The van der Waals surface area contributed by atoms with Crippen molar-refractivity contribution in [2.75, 3.05) is 13.1 Å². The molecule has 28 heavy (non-hydrogen) atoms. The van der Waals surface area contributed by atoms with E-state index < -0.39 is 6.10 Å². The smallest absolute Gasteiger partial charge is 0.253 e. The topological polar surface area (TPSA) is 69.6 Å². The van der Waals surface area contributed by atoms with Crippen molar-refractivity contribution in [1.29, 1.82) is 0 Å². The van der Waals surface area contributed by atoms with Crippen LogP contribution in [0.4, 0.5) is 0 Å². The van der Waals surface area contributed by atoms with E-state index in [2.05, 4.69) is 11.9 Å². The average molecular weight is 378 g/mol. The summed E-state index contributed by atoms with van der Waals surface area (Å²) in [6.45, 7) is 5.11. The van der Waals surface area contributed by atoms with Crippen LogP contribution in [0.3, 0.4) is 0 Å². The molecule has 2 aromatic rings. The van der Waals surface area contributed by atoms with Crippen LogP contribution in [0.1, 0.15) is 40.4 Å². The highest BCUT2D eigenvalue weighted by molar-refractivity contribution is 5.94. The number of likely N-dealkylation sites (tertiary alicyclic amines) is 1. The molecule has 1 saturated heterocycles. The van der Waals surface area contributed by atoms with Gasteiger partial charge in [-0.05, 0) is 48.1 Å². The number of nitrogens with one attached hydrogen (secondary N) is 1. The lowest BCUT2D eigenvalue weighted by molar-refractivity contribution is -0.116. The highest BCUT2D eigenvalue weighted by Gasteiger charge is 2.28. The lowest BCUT2D eigenvalue weighted by Crippen LogP contribution is -2.39. The van der Waals surface area contributed by atoms with Gasteiger partial charge in [-0.15, -0.1) is 0 Å². The molecule has 5 nitrogen and oxygen atoms in total. The van der Waals surface area contributed by atoms with Gasteiger partial charge in [-0.25, -0.2) is 0 Å². The van der Waals surface area contributed by atoms with Crippen molar-refractivity contribution in [3.8, 4) is 0 Å². The number of piperidine rings is 1. The van der Waals surface area contributed by atoms with Gasteiger partial charge in [0.2, 0.25) is 5.91 Å². The molecule has 1 heterocycles. The number of carbonyl (C=O) groups excluding carboxylic acids is 2. The maximum absolute atomic E-state index is 12.8. The second kappa shape index (κ2) is 9.33. The van der Waals surface area contributed by atoms with Crippen molar-refractivity contribution in [2.24, 2.45) is 5.92 Å². The lowest BCUT2D eigenvalue weighted by Gasteiger charge is -2.34. The van der Waals surface area contributed by atoms with Crippen LogP contribution in [-0.2, 0) is 11.3 Å². The van der Waals surface area contributed by atoms with Crippen LogP contribution in [0, 0.1) is 5.92 Å². The highest BCUT2D eigenvalue weighted by Crippen LogP contribution is 2.31. The molecule has 2 aromatic carbocycles. The summed E-state index contributed by atoms with van der Waals surface area (Å²) < 4.78 is 0. The van der Waals surface area contributed by atoms with Crippen molar-refractivity contribution in [1.82, 2.24) is 10.2 Å². The summed E-state index contributed by atoms with van der Waals surface area (Å²) in [6, 6.07) is 17.0. The minimum Gasteiger partial charge on any atom is -0.388 e. The number of benzene rings is 2. The van der Waals surface area contributed by atoms with E-state index >= 15 is 0 Å². The Balaban J connectivity index is 1.53. The normalized spacial score (nSPS) is 15.7. The van der Waals surface area contributed by atoms with Crippen molar-refractivity contribution >= 4 is 11.8 Å². The molecule has 0 bridgehead atoms. The third kappa shape index (κ3) is 4.87. The Labute approximate surface area is 165 Å². The standard InChI is InChI=1S/C23H26N2O3/c1-2-21(26)24-16-17-8-10-20(11-9-17)23(28)25-14-12-19(13-15-25)22(27)18-6-4-3-5-7-18/h2-11,19,22,27H,1,12-16H2,(H,24,26). The maximum atomic E-state index is 12.8. The SMILES string of the molecule is C=CC(=O)NCc1ccc(C(=O)N2CCC(C(O)c3ccccc3)CC2)cc1. The van der Waals surface area contributed by atoms with Crippen LogP contribution >= 0.6 is 0 Å². The third-order valence-electron chi connectivity index (χ3n) is 5.27. The Hall–Kier alpha value is -2.92. The highest BCUT2D eigenvalue weighted by atomic mass is 16.3. The number of amides is 2. The van der Waals surface area contributed by atoms with E-state index in [1.165, 1.54) is 6.08 Å². The minimum atomic E-state index is -0.483. The van der Waals surface area contributed by atoms with E-state index in [9.17, 15) is 14.7 Å². The summed E-state index contributed by atoms with van der Waals surface area (Å²) >= 11 is 0. The first-order valence-corrected chi connectivity index (χ1v) is 9.60. The maximum Gasteiger partial charge on any atom is 0.253 e. The zero-order valence-electron chi connectivity index (χ0n) is 15.9. The van der Waals surface area contributed by atoms with Crippen molar-refractivity contribution in [3.63, 3.8) is 0 Å². The number of hydrogen-bond acceptors (Lipinski definition) is 3. The van der Waals surface area contributed by atoms with E-state index in [4.69, 9.17) is 0 Å². The third-order valence-corrected chi connectivity index (χ3v) is 5.27. The predicted octanol–water partition coefficient (Wildman–Crippen LogP) is 3.07. The van der Waals surface area contributed by atoms with E-state index in [-0.39, 0.29) is 17.7 Å². The number of carbonyl (C=O) groups is 2. The van der Waals surface area contributed by atoms with Crippen molar-refractivity contribution in [2.45, 2.75) is 25.5 Å². The summed E-state index contributed by atoms with van der Waals surface area (Å²) in [5, 5.41) is 13.3. The van der Waals surface area contributed by atoms with Gasteiger partial charge in [0.15, 0.2) is 0 Å². The summed E-state index contributed by atoms with van der Waals surface area (Å²) in [6.07, 6.45) is 2.32. The molecule has 1 aliphatic rings. The first kappa shape index (κ1) is 19.8. The molecule has 0 aliphatic carbocycles. The molecule has 1 aliphatic heterocycles. The van der Waals surface area contributed by atoms with Crippen LogP contribution in [0.25, 0.3) is 0 Å². The summed E-state index contributed by atoms with van der Waals surface area (Å²) in [4.78, 5) is 25.8. The fraction of sp³-hybridized carbons (Fsp3) is 0.304. The van der Waals surface area contributed by atoms with Gasteiger partial charge < -0.3 is 15.3 Å². The van der Waals surface area contributed by atoms with Crippen molar-refractivity contribution in [3.05, 3.63) is 83.9 Å². The fourth-order valence-corrected chi connectivity index (χ4v) is 3.55. The molecule has 0 aromatic heterocycles. The predicted molar refractivity (Wildman–Crippen MR) is 109 cm³/mol. The molecular weight excluding hydrogens is 352 g/mol. The van der Waals surface area contributed by atoms with E-state index in [0.29, 0.717) is 25.2 Å². The number of nitrogens with zero attached hydrogens (tertiary/aromatic N) is 1. The van der Waals surface area contributed by atoms with Gasteiger partial charge in [0.1, 0.15) is 0 Å². The molecule has 0 saturated carbocycles. The Kier molecular flexibility index (Phi) is 6.61. The molecule has 3 rings (SSSR count). The Bertz CT molecular complexity index is 810. The molecule has 1 atom stereocenters. The van der Waals surface area contributed by atoms with Gasteiger partial charge in [-0.2, -0.15) is 0 Å². The molecule has 0 radical (unpaired) electrons. The van der Waals surface area contributed by atoms with Crippen LogP contribution in [0.2, 0.25) is 0 Å². The van der Waals surface area contributed by atoms with Crippen LogP contribution in [0.5, 0.6) is 0 Å². The molecule has 0 spiro atoms. The van der Waals surface area contributed by atoms with E-state index in [1.54, 1.807) is 12.1 Å². The zero-order valence-corrected chi connectivity index (χ0v) is 15.9. The van der Waals surface area contributed by atoms with E-state index in [0.717, 1.165) is 24.0 Å². The minimum absolute atomic E-state index is 0.00864. The Morgan fingerprint density at radius 2 is 1.75 bits per heavy atom. The van der Waals surface area contributed by atoms with Crippen LogP contribution < -0.4 is 5.32 Å². The van der Waals surface area contributed by atoms with Crippen molar-refractivity contribution < 1.29 is 14.7 Å².